The molecule has 1 aromatic heterocycles. The summed E-state index contributed by atoms with van der Waals surface area (Å²) >= 11 is 0. The first kappa shape index (κ1) is 21.9. The summed E-state index contributed by atoms with van der Waals surface area (Å²) in [4.78, 5) is 14.5. The van der Waals surface area contributed by atoms with Gasteiger partial charge in [-0.15, -0.1) is 0 Å². The van der Waals surface area contributed by atoms with E-state index in [1.54, 1.807) is 44.6 Å². The van der Waals surface area contributed by atoms with E-state index >= 15 is 0 Å². The highest BCUT2D eigenvalue weighted by Gasteiger charge is 2.21. The number of likely N-dealkylation sites (tertiary alicyclic amines) is 1. The minimum atomic E-state index is -3.65. The quantitative estimate of drug-likeness (QED) is 0.698. The van der Waals surface area contributed by atoms with Gasteiger partial charge in [-0.2, -0.15) is 0 Å². The van der Waals surface area contributed by atoms with Crippen LogP contribution in [0.1, 0.15) is 12.8 Å². The molecule has 30 heavy (non-hydrogen) atoms. The van der Waals surface area contributed by atoms with Crippen LogP contribution < -0.4 is 20.3 Å². The second kappa shape index (κ2) is 8.93. The number of hydrogen-bond acceptors (Lipinski definition) is 6. The van der Waals surface area contributed by atoms with Crippen LogP contribution in [0.15, 0.2) is 47.2 Å². The van der Waals surface area contributed by atoms with Crippen LogP contribution in [0.2, 0.25) is 0 Å². The van der Waals surface area contributed by atoms with E-state index in [1.165, 1.54) is 4.57 Å². The molecule has 9 heteroatoms. The number of pyridine rings is 1. The third-order valence-corrected chi connectivity index (χ3v) is 6.14. The van der Waals surface area contributed by atoms with Gasteiger partial charge in [0, 0.05) is 55.6 Å². The van der Waals surface area contributed by atoms with Gasteiger partial charge in [0.1, 0.15) is 17.5 Å². The van der Waals surface area contributed by atoms with E-state index in [-0.39, 0.29) is 11.7 Å². The maximum atomic E-state index is 12.3. The minimum Gasteiger partial charge on any atom is -0.490 e. The first-order chi connectivity index (χ1) is 14.2. The van der Waals surface area contributed by atoms with Crippen molar-refractivity contribution >= 4 is 21.4 Å². The van der Waals surface area contributed by atoms with Crippen molar-refractivity contribution in [2.75, 3.05) is 37.2 Å². The number of piperidine rings is 1. The molecule has 2 aromatic rings. The summed E-state index contributed by atoms with van der Waals surface area (Å²) in [5.74, 6) is 0.645. The van der Waals surface area contributed by atoms with Crippen LogP contribution in [0.3, 0.4) is 0 Å². The zero-order valence-electron chi connectivity index (χ0n) is 17.5. The van der Waals surface area contributed by atoms with Gasteiger partial charge in [0.25, 0.3) is 15.6 Å². The zero-order valence-corrected chi connectivity index (χ0v) is 18.3. The van der Waals surface area contributed by atoms with Crippen LogP contribution in [0.4, 0.5) is 11.4 Å². The number of nitrogens with zero attached hydrogens (tertiary/aromatic N) is 2. The number of sulfonamides is 1. The monoisotopic (exact) mass is 432 g/mol. The number of rotatable bonds is 7. The smallest absolute Gasteiger partial charge is 0.273 e. The van der Waals surface area contributed by atoms with E-state index in [0.29, 0.717) is 22.7 Å². The van der Waals surface area contributed by atoms with Crippen LogP contribution in [0, 0.1) is 0 Å². The van der Waals surface area contributed by atoms with Crippen LogP contribution in [-0.4, -0.2) is 51.2 Å². The maximum absolute atomic E-state index is 12.3. The summed E-state index contributed by atoms with van der Waals surface area (Å²) in [5.41, 5.74) is 2.12. The Morgan fingerprint density at radius 2 is 1.90 bits per heavy atom. The lowest BCUT2D eigenvalue weighted by atomic mass is 10.0. The molecular formula is C21H28N4O4S. The topological polar surface area (TPSA) is 92.7 Å². The molecule has 0 saturated carbocycles. The van der Waals surface area contributed by atoms with Crippen molar-refractivity contribution in [3.05, 3.63) is 52.8 Å². The molecule has 0 atom stereocenters. The lowest BCUT2D eigenvalue weighted by molar-refractivity contribution is 0.115. The molecule has 1 aromatic carbocycles. The van der Waals surface area contributed by atoms with E-state index in [2.05, 4.69) is 28.6 Å². The first-order valence-corrected chi connectivity index (χ1v) is 11.3. The number of nitrogens with one attached hydrogen (secondary N) is 2. The highest BCUT2D eigenvalue weighted by Crippen LogP contribution is 2.35. The number of aromatic nitrogens is 1. The van der Waals surface area contributed by atoms with Crippen molar-refractivity contribution in [1.29, 1.82) is 0 Å². The number of aryl methyl sites for hydroxylation is 1. The van der Waals surface area contributed by atoms with Gasteiger partial charge in [-0.3, -0.25) is 9.52 Å². The summed E-state index contributed by atoms with van der Waals surface area (Å²) in [7, 11) is 1.80. The van der Waals surface area contributed by atoms with Crippen molar-refractivity contribution < 1.29 is 13.2 Å². The van der Waals surface area contributed by atoms with Crippen molar-refractivity contribution in [3.63, 3.8) is 0 Å². The molecule has 3 rings (SSSR count). The van der Waals surface area contributed by atoms with E-state index < -0.39 is 10.0 Å². The highest BCUT2D eigenvalue weighted by molar-refractivity contribution is 7.95. The second-order valence-electron chi connectivity index (χ2n) is 7.45. The molecule has 8 nitrogen and oxygen atoms in total. The number of benzene rings is 1. The molecule has 0 unspecified atom stereocenters. The van der Waals surface area contributed by atoms with Gasteiger partial charge in [-0.1, -0.05) is 6.58 Å². The van der Waals surface area contributed by atoms with Crippen molar-refractivity contribution in [2.24, 2.45) is 7.05 Å². The zero-order chi connectivity index (χ0) is 21.9. The fourth-order valence-corrected chi connectivity index (χ4v) is 3.99. The Morgan fingerprint density at radius 1 is 1.20 bits per heavy atom. The fourth-order valence-electron chi connectivity index (χ4n) is 3.45. The SMILES string of the molecule is C=CS(=O)(=O)Nc1ccc(OC2CCN(C)CC2)c(-c2cc(NC)c(=O)n(C)c2)c1. The molecule has 1 saturated heterocycles. The summed E-state index contributed by atoms with van der Waals surface area (Å²) in [6.45, 7) is 5.25. The molecule has 0 amide bonds. The van der Waals surface area contributed by atoms with E-state index in [9.17, 15) is 13.2 Å². The first-order valence-electron chi connectivity index (χ1n) is 9.75. The highest BCUT2D eigenvalue weighted by atomic mass is 32.2. The summed E-state index contributed by atoms with van der Waals surface area (Å²) in [6, 6.07) is 6.88. The Kier molecular flexibility index (Phi) is 6.52. The fraction of sp³-hybridized carbons (Fsp3) is 0.381. The molecule has 1 fully saturated rings. The van der Waals surface area contributed by atoms with Gasteiger partial charge in [-0.25, -0.2) is 8.42 Å². The Bertz CT molecular complexity index is 1090. The Balaban J connectivity index is 2.05. The molecule has 0 bridgehead atoms. The predicted octanol–water partition coefficient (Wildman–Crippen LogP) is 2.45. The van der Waals surface area contributed by atoms with Crippen LogP contribution in [0.5, 0.6) is 5.75 Å². The standard InChI is InChI=1S/C21H28N4O4S/c1-5-30(27,28)23-16-6-7-20(29-17-8-10-24(3)11-9-17)18(13-16)15-12-19(22-2)21(26)25(4)14-15/h5-7,12-14,17,22-23H,1,8-11H2,2-4H3. The molecule has 2 N–H and O–H groups in total. The average Bonchev–Trinajstić information content (AvgIpc) is 2.72. The molecule has 0 spiro atoms. The second-order valence-corrected chi connectivity index (χ2v) is 9.08. The Labute approximate surface area is 177 Å². The molecule has 162 valence electrons. The largest absolute Gasteiger partial charge is 0.490 e. The lowest BCUT2D eigenvalue weighted by Gasteiger charge is -2.30. The molecule has 1 aliphatic rings. The van der Waals surface area contributed by atoms with Crippen LogP contribution >= 0.6 is 0 Å². The van der Waals surface area contributed by atoms with Gasteiger partial charge < -0.3 is 19.5 Å². The number of ether oxygens (including phenoxy) is 1. The molecule has 0 radical (unpaired) electrons. The Morgan fingerprint density at radius 3 is 2.53 bits per heavy atom. The summed E-state index contributed by atoms with van der Waals surface area (Å²) in [6.07, 6.45) is 3.62. The third kappa shape index (κ3) is 5.03. The van der Waals surface area contributed by atoms with Crippen molar-refractivity contribution in [3.8, 4) is 16.9 Å². The van der Waals surface area contributed by atoms with E-state index in [0.717, 1.165) is 36.9 Å². The lowest BCUT2D eigenvalue weighted by Crippen LogP contribution is -2.35. The third-order valence-electron chi connectivity index (χ3n) is 5.18. The molecule has 1 aliphatic heterocycles. The van der Waals surface area contributed by atoms with Gasteiger partial charge in [0.2, 0.25) is 0 Å². The Hall–Kier alpha value is -2.78. The molecular weight excluding hydrogens is 404 g/mol. The van der Waals surface area contributed by atoms with Crippen molar-refractivity contribution in [2.45, 2.75) is 18.9 Å². The predicted molar refractivity (Wildman–Crippen MR) is 121 cm³/mol. The summed E-state index contributed by atoms with van der Waals surface area (Å²) < 4.78 is 34.1. The number of anilines is 2. The molecule has 2 heterocycles. The van der Waals surface area contributed by atoms with Gasteiger partial charge in [0.05, 0.1) is 0 Å². The van der Waals surface area contributed by atoms with Crippen LogP contribution in [0.25, 0.3) is 11.1 Å². The van der Waals surface area contributed by atoms with Crippen LogP contribution in [-0.2, 0) is 17.1 Å². The van der Waals surface area contributed by atoms with Crippen molar-refractivity contribution in [1.82, 2.24) is 9.47 Å². The minimum absolute atomic E-state index is 0.0759. The van der Waals surface area contributed by atoms with Gasteiger partial charge in [-0.05, 0) is 44.2 Å². The number of hydrogen-bond donors (Lipinski definition) is 2. The van der Waals surface area contributed by atoms with Gasteiger partial charge in [0.15, 0.2) is 0 Å². The normalized spacial score (nSPS) is 15.6. The molecule has 0 aliphatic carbocycles. The summed E-state index contributed by atoms with van der Waals surface area (Å²) in [5, 5.41) is 3.77. The van der Waals surface area contributed by atoms with E-state index in [4.69, 9.17) is 4.74 Å². The van der Waals surface area contributed by atoms with E-state index in [1.807, 2.05) is 0 Å². The van der Waals surface area contributed by atoms with Gasteiger partial charge >= 0.3 is 0 Å². The average molecular weight is 433 g/mol. The maximum Gasteiger partial charge on any atom is 0.273 e.